The number of fused-ring (bicyclic) bond motifs is 2. The van der Waals surface area contributed by atoms with Crippen LogP contribution in [-0.4, -0.2) is 23.5 Å². The second-order valence-electron chi connectivity index (χ2n) is 8.53. The fraction of sp³-hybridized carbons (Fsp3) is 0.0667. The first-order valence-corrected chi connectivity index (χ1v) is 11.3. The van der Waals surface area contributed by atoms with E-state index in [0.29, 0.717) is 11.1 Å². The zero-order chi connectivity index (χ0) is 25.4. The number of carbonyl (C=O) groups is 4. The summed E-state index contributed by atoms with van der Waals surface area (Å²) < 4.78 is 11.1. The van der Waals surface area contributed by atoms with Crippen molar-refractivity contribution >= 4 is 23.5 Å². The molecule has 1 aliphatic rings. The van der Waals surface area contributed by atoms with Gasteiger partial charge in [0.2, 0.25) is 0 Å². The SMILES string of the molecule is Cc1cccc(C(=O)Oc2cccc3c2C(=O)c2cccc(OC(=O)c4cccc(C)c4)c2C3=O)c1. The second-order valence-corrected chi connectivity index (χ2v) is 8.53. The molecule has 0 heterocycles. The lowest BCUT2D eigenvalue weighted by atomic mass is 9.83. The van der Waals surface area contributed by atoms with Crippen molar-refractivity contribution in [3.8, 4) is 11.5 Å². The van der Waals surface area contributed by atoms with E-state index in [-0.39, 0.29) is 33.8 Å². The monoisotopic (exact) mass is 476 g/mol. The highest BCUT2D eigenvalue weighted by Crippen LogP contribution is 2.37. The molecule has 6 nitrogen and oxygen atoms in total. The van der Waals surface area contributed by atoms with Crippen LogP contribution in [0.2, 0.25) is 0 Å². The third-order valence-corrected chi connectivity index (χ3v) is 5.91. The van der Waals surface area contributed by atoms with Gasteiger partial charge in [0.1, 0.15) is 11.5 Å². The van der Waals surface area contributed by atoms with Crippen LogP contribution in [-0.2, 0) is 0 Å². The van der Waals surface area contributed by atoms with Gasteiger partial charge < -0.3 is 9.47 Å². The molecule has 176 valence electrons. The first-order chi connectivity index (χ1) is 17.3. The van der Waals surface area contributed by atoms with Gasteiger partial charge in [0.05, 0.1) is 22.3 Å². The van der Waals surface area contributed by atoms with Gasteiger partial charge in [0, 0.05) is 11.1 Å². The molecule has 0 aliphatic heterocycles. The first kappa shape index (κ1) is 22.9. The molecule has 0 unspecified atom stereocenters. The Morgan fingerprint density at radius 2 is 0.944 bits per heavy atom. The zero-order valence-corrected chi connectivity index (χ0v) is 19.5. The molecule has 6 heteroatoms. The van der Waals surface area contributed by atoms with Crippen molar-refractivity contribution in [2.45, 2.75) is 13.8 Å². The van der Waals surface area contributed by atoms with Crippen LogP contribution in [0.25, 0.3) is 0 Å². The Kier molecular flexibility index (Phi) is 5.78. The highest BCUT2D eigenvalue weighted by molar-refractivity contribution is 6.30. The van der Waals surface area contributed by atoms with E-state index in [4.69, 9.17) is 9.47 Å². The van der Waals surface area contributed by atoms with Crippen LogP contribution in [0.15, 0.2) is 84.9 Å². The van der Waals surface area contributed by atoms with Gasteiger partial charge in [-0.25, -0.2) is 9.59 Å². The molecule has 4 aromatic carbocycles. The predicted molar refractivity (Wildman–Crippen MR) is 132 cm³/mol. The predicted octanol–water partition coefficient (Wildman–Crippen LogP) is 5.52. The largest absolute Gasteiger partial charge is 0.422 e. The molecule has 0 radical (unpaired) electrons. The van der Waals surface area contributed by atoms with Crippen molar-refractivity contribution in [2.24, 2.45) is 0 Å². The summed E-state index contributed by atoms with van der Waals surface area (Å²) in [6, 6.07) is 22.7. The van der Waals surface area contributed by atoms with Crippen molar-refractivity contribution in [2.75, 3.05) is 0 Å². The molecule has 5 rings (SSSR count). The molecule has 0 spiro atoms. The number of ether oxygens (including phenoxy) is 2. The Bertz CT molecular complexity index is 1460. The van der Waals surface area contributed by atoms with Gasteiger partial charge in [-0.05, 0) is 50.2 Å². The normalized spacial score (nSPS) is 11.9. The molecule has 36 heavy (non-hydrogen) atoms. The summed E-state index contributed by atoms with van der Waals surface area (Å²) in [5.41, 5.74) is 2.55. The maximum atomic E-state index is 13.5. The number of hydrogen-bond acceptors (Lipinski definition) is 6. The summed E-state index contributed by atoms with van der Waals surface area (Å²) >= 11 is 0. The van der Waals surface area contributed by atoms with Crippen LogP contribution in [0.5, 0.6) is 11.5 Å². The van der Waals surface area contributed by atoms with Gasteiger partial charge in [-0.15, -0.1) is 0 Å². The standard InChI is InChI=1S/C30H20O6/c1-17-7-3-9-19(15-17)29(33)35-23-13-5-11-21-25(23)27(31)22-12-6-14-24(26(22)28(21)32)36-30(34)20-10-4-8-18(2)16-20/h3-16H,1-2H3. The molecule has 0 amide bonds. The number of aryl methyl sites for hydroxylation is 2. The molecule has 0 aromatic heterocycles. The van der Waals surface area contributed by atoms with E-state index < -0.39 is 23.5 Å². The number of esters is 2. The number of benzene rings is 4. The minimum absolute atomic E-state index is 0.00170. The number of hydrogen-bond donors (Lipinski definition) is 0. The number of rotatable bonds is 4. The van der Waals surface area contributed by atoms with Crippen molar-refractivity contribution in [3.05, 3.63) is 129 Å². The molecule has 1 aliphatic carbocycles. The van der Waals surface area contributed by atoms with Gasteiger partial charge in [-0.3, -0.25) is 9.59 Å². The minimum Gasteiger partial charge on any atom is -0.422 e. The quantitative estimate of drug-likeness (QED) is 0.251. The van der Waals surface area contributed by atoms with Crippen molar-refractivity contribution in [1.29, 1.82) is 0 Å². The highest BCUT2D eigenvalue weighted by Gasteiger charge is 2.35. The Morgan fingerprint density at radius 1 is 0.556 bits per heavy atom. The summed E-state index contributed by atoms with van der Waals surface area (Å²) in [5.74, 6) is -2.30. The molecule has 0 bridgehead atoms. The summed E-state index contributed by atoms with van der Waals surface area (Å²) in [6.45, 7) is 3.70. The fourth-order valence-electron chi connectivity index (χ4n) is 4.21. The molecular formula is C30H20O6. The number of carbonyl (C=O) groups excluding carboxylic acids is 4. The second kappa shape index (κ2) is 9.07. The highest BCUT2D eigenvalue weighted by atomic mass is 16.5. The lowest BCUT2D eigenvalue weighted by Crippen LogP contribution is -2.24. The molecule has 0 atom stereocenters. The van der Waals surface area contributed by atoms with Gasteiger partial charge in [-0.1, -0.05) is 59.7 Å². The summed E-state index contributed by atoms with van der Waals surface area (Å²) in [5, 5.41) is 0. The summed E-state index contributed by atoms with van der Waals surface area (Å²) in [7, 11) is 0. The van der Waals surface area contributed by atoms with E-state index in [9.17, 15) is 19.2 Å². The third-order valence-electron chi connectivity index (χ3n) is 5.91. The molecule has 4 aromatic rings. The lowest BCUT2D eigenvalue weighted by Gasteiger charge is -2.21. The Balaban J connectivity index is 1.51. The first-order valence-electron chi connectivity index (χ1n) is 11.3. The van der Waals surface area contributed by atoms with E-state index in [1.165, 1.54) is 36.4 Å². The van der Waals surface area contributed by atoms with Gasteiger partial charge in [-0.2, -0.15) is 0 Å². The fourth-order valence-corrected chi connectivity index (χ4v) is 4.21. The van der Waals surface area contributed by atoms with E-state index in [2.05, 4.69) is 0 Å². The van der Waals surface area contributed by atoms with Crippen molar-refractivity contribution in [1.82, 2.24) is 0 Å². The van der Waals surface area contributed by atoms with Gasteiger partial charge in [0.15, 0.2) is 11.6 Å². The van der Waals surface area contributed by atoms with Crippen LogP contribution in [0.1, 0.15) is 63.7 Å². The van der Waals surface area contributed by atoms with Crippen molar-refractivity contribution in [3.63, 3.8) is 0 Å². The average molecular weight is 476 g/mol. The smallest absolute Gasteiger partial charge is 0.343 e. The molecule has 0 fully saturated rings. The minimum atomic E-state index is -0.640. The molecule has 0 N–H and O–H groups in total. The van der Waals surface area contributed by atoms with Crippen LogP contribution >= 0.6 is 0 Å². The molecular weight excluding hydrogens is 456 g/mol. The Hall–Kier alpha value is -4.84. The van der Waals surface area contributed by atoms with Crippen LogP contribution < -0.4 is 9.47 Å². The maximum absolute atomic E-state index is 13.5. The number of ketones is 2. The Morgan fingerprint density at radius 3 is 1.33 bits per heavy atom. The summed E-state index contributed by atoms with van der Waals surface area (Å²) in [6.07, 6.45) is 0. The van der Waals surface area contributed by atoms with Crippen LogP contribution in [0, 0.1) is 13.8 Å². The van der Waals surface area contributed by atoms with E-state index in [1.54, 1.807) is 36.4 Å². The molecule has 0 saturated carbocycles. The third kappa shape index (κ3) is 4.09. The van der Waals surface area contributed by atoms with E-state index in [0.717, 1.165) is 11.1 Å². The van der Waals surface area contributed by atoms with Crippen LogP contribution in [0.4, 0.5) is 0 Å². The van der Waals surface area contributed by atoms with Gasteiger partial charge in [0.25, 0.3) is 0 Å². The zero-order valence-electron chi connectivity index (χ0n) is 19.5. The maximum Gasteiger partial charge on any atom is 0.343 e. The van der Waals surface area contributed by atoms with Crippen LogP contribution in [0.3, 0.4) is 0 Å². The molecule has 0 saturated heterocycles. The summed E-state index contributed by atoms with van der Waals surface area (Å²) in [4.78, 5) is 52.5. The topological polar surface area (TPSA) is 86.7 Å². The van der Waals surface area contributed by atoms with E-state index in [1.807, 2.05) is 26.0 Å². The van der Waals surface area contributed by atoms with Gasteiger partial charge >= 0.3 is 11.9 Å². The van der Waals surface area contributed by atoms with E-state index >= 15 is 0 Å². The van der Waals surface area contributed by atoms with Crippen molar-refractivity contribution < 1.29 is 28.7 Å². The Labute approximate surface area is 207 Å². The average Bonchev–Trinajstić information content (AvgIpc) is 2.87. The lowest BCUT2D eigenvalue weighted by molar-refractivity contribution is 0.0718.